The Kier molecular flexibility index (Phi) is 1.98. The second-order valence-electron chi connectivity index (χ2n) is 7.00. The van der Waals surface area contributed by atoms with E-state index >= 15 is 0 Å². The van der Waals surface area contributed by atoms with Crippen molar-refractivity contribution in [3.63, 3.8) is 0 Å². The van der Waals surface area contributed by atoms with E-state index in [1.807, 2.05) is 0 Å². The van der Waals surface area contributed by atoms with E-state index in [9.17, 15) is 9.90 Å². The SMILES string of the molecule is O=C1C[C@H](O)CN1C12CC3CC(CC(C3)C1)C2. The Morgan fingerprint density at radius 2 is 1.59 bits per heavy atom. The molecule has 1 atom stereocenters. The third kappa shape index (κ3) is 1.41. The fraction of sp³-hybridized carbons (Fsp3) is 0.929. The summed E-state index contributed by atoms with van der Waals surface area (Å²) in [5, 5.41) is 9.71. The van der Waals surface area contributed by atoms with Gasteiger partial charge in [0, 0.05) is 12.1 Å². The number of nitrogens with zero attached hydrogens (tertiary/aromatic N) is 1. The normalized spacial score (nSPS) is 52.5. The van der Waals surface area contributed by atoms with E-state index in [0.717, 1.165) is 17.8 Å². The first-order valence-electron chi connectivity index (χ1n) is 7.13. The van der Waals surface area contributed by atoms with Crippen molar-refractivity contribution >= 4 is 5.91 Å². The Morgan fingerprint density at radius 1 is 1.06 bits per heavy atom. The Labute approximate surface area is 102 Å². The minimum Gasteiger partial charge on any atom is -0.391 e. The van der Waals surface area contributed by atoms with Gasteiger partial charge in [0.2, 0.25) is 5.91 Å². The van der Waals surface area contributed by atoms with Crippen LogP contribution in [0.1, 0.15) is 44.9 Å². The molecule has 94 valence electrons. The molecular formula is C14H21NO2. The van der Waals surface area contributed by atoms with Gasteiger partial charge in [-0.1, -0.05) is 0 Å². The maximum atomic E-state index is 12.1. The summed E-state index contributed by atoms with van der Waals surface area (Å²) in [5.74, 6) is 2.81. The van der Waals surface area contributed by atoms with Gasteiger partial charge in [-0.25, -0.2) is 0 Å². The van der Waals surface area contributed by atoms with Crippen LogP contribution in [0, 0.1) is 17.8 Å². The molecule has 5 fully saturated rings. The summed E-state index contributed by atoms with van der Waals surface area (Å²) >= 11 is 0. The van der Waals surface area contributed by atoms with Gasteiger partial charge in [-0.15, -0.1) is 0 Å². The van der Waals surface area contributed by atoms with Crippen molar-refractivity contribution in [1.82, 2.24) is 4.90 Å². The summed E-state index contributed by atoms with van der Waals surface area (Å²) in [6.07, 6.45) is 7.83. The second kappa shape index (κ2) is 3.25. The van der Waals surface area contributed by atoms with Crippen molar-refractivity contribution in [2.24, 2.45) is 17.8 Å². The van der Waals surface area contributed by atoms with Gasteiger partial charge in [0.1, 0.15) is 0 Å². The highest BCUT2D eigenvalue weighted by Gasteiger charge is 2.55. The van der Waals surface area contributed by atoms with E-state index in [1.165, 1.54) is 38.5 Å². The van der Waals surface area contributed by atoms with Gasteiger partial charge in [-0.3, -0.25) is 4.79 Å². The lowest BCUT2D eigenvalue weighted by Gasteiger charge is -2.59. The molecular weight excluding hydrogens is 214 g/mol. The van der Waals surface area contributed by atoms with Crippen molar-refractivity contribution in [1.29, 1.82) is 0 Å². The van der Waals surface area contributed by atoms with E-state index in [1.54, 1.807) is 0 Å². The maximum absolute atomic E-state index is 12.1. The summed E-state index contributed by atoms with van der Waals surface area (Å²) in [6, 6.07) is 0. The predicted molar refractivity (Wildman–Crippen MR) is 63.2 cm³/mol. The average Bonchev–Trinajstić information content (AvgIpc) is 2.56. The fourth-order valence-electron chi connectivity index (χ4n) is 5.54. The van der Waals surface area contributed by atoms with Crippen LogP contribution in [0.3, 0.4) is 0 Å². The maximum Gasteiger partial charge on any atom is 0.225 e. The topological polar surface area (TPSA) is 40.5 Å². The first-order valence-corrected chi connectivity index (χ1v) is 7.13. The van der Waals surface area contributed by atoms with Crippen LogP contribution >= 0.6 is 0 Å². The molecule has 0 spiro atoms. The van der Waals surface area contributed by atoms with Crippen molar-refractivity contribution in [3.05, 3.63) is 0 Å². The summed E-state index contributed by atoms with van der Waals surface area (Å²) < 4.78 is 0. The first-order chi connectivity index (χ1) is 8.14. The zero-order chi connectivity index (χ0) is 11.6. The number of carbonyl (C=O) groups is 1. The van der Waals surface area contributed by atoms with E-state index in [4.69, 9.17) is 0 Å². The number of carbonyl (C=O) groups excluding carboxylic acids is 1. The first kappa shape index (κ1) is 10.4. The molecule has 0 unspecified atom stereocenters. The van der Waals surface area contributed by atoms with Gasteiger partial charge in [-0.2, -0.15) is 0 Å². The quantitative estimate of drug-likeness (QED) is 0.749. The molecule has 1 N–H and O–H groups in total. The van der Waals surface area contributed by atoms with Crippen molar-refractivity contribution in [2.75, 3.05) is 6.54 Å². The number of aliphatic hydroxyl groups is 1. The minimum atomic E-state index is -0.407. The summed E-state index contributed by atoms with van der Waals surface area (Å²) in [5.41, 5.74) is 0.156. The number of amides is 1. The van der Waals surface area contributed by atoms with E-state index in [-0.39, 0.29) is 11.4 Å². The molecule has 5 aliphatic rings. The Balaban J connectivity index is 1.66. The highest BCUT2D eigenvalue weighted by Crippen LogP contribution is 2.58. The summed E-state index contributed by atoms with van der Waals surface area (Å²) in [7, 11) is 0. The van der Waals surface area contributed by atoms with Gasteiger partial charge in [0.25, 0.3) is 0 Å². The number of hydrogen-bond acceptors (Lipinski definition) is 2. The molecule has 0 aromatic rings. The van der Waals surface area contributed by atoms with Crippen LogP contribution < -0.4 is 0 Å². The smallest absolute Gasteiger partial charge is 0.225 e. The Bertz CT molecular complexity index is 330. The summed E-state index contributed by atoms with van der Waals surface area (Å²) in [6.45, 7) is 0.602. The molecule has 1 heterocycles. The molecule has 3 nitrogen and oxygen atoms in total. The van der Waals surface area contributed by atoms with Gasteiger partial charge in [-0.05, 0) is 56.3 Å². The lowest BCUT2D eigenvalue weighted by Crippen LogP contribution is -2.60. The lowest BCUT2D eigenvalue weighted by molar-refractivity contribution is -0.145. The van der Waals surface area contributed by atoms with E-state index in [2.05, 4.69) is 4.90 Å². The molecule has 1 amide bonds. The van der Waals surface area contributed by atoms with Gasteiger partial charge in [0.15, 0.2) is 0 Å². The van der Waals surface area contributed by atoms with Gasteiger partial charge < -0.3 is 10.0 Å². The van der Waals surface area contributed by atoms with Crippen molar-refractivity contribution in [2.45, 2.75) is 56.6 Å². The van der Waals surface area contributed by atoms with Crippen molar-refractivity contribution in [3.8, 4) is 0 Å². The molecule has 0 radical (unpaired) electrons. The Hall–Kier alpha value is -0.570. The summed E-state index contributed by atoms with van der Waals surface area (Å²) in [4.78, 5) is 14.1. The van der Waals surface area contributed by atoms with Crippen LogP contribution in [0.25, 0.3) is 0 Å². The van der Waals surface area contributed by atoms with Crippen LogP contribution in [-0.4, -0.2) is 34.1 Å². The number of hydrogen-bond donors (Lipinski definition) is 1. The van der Waals surface area contributed by atoms with Crippen molar-refractivity contribution < 1.29 is 9.90 Å². The largest absolute Gasteiger partial charge is 0.391 e. The number of rotatable bonds is 1. The molecule has 4 saturated carbocycles. The average molecular weight is 235 g/mol. The zero-order valence-electron chi connectivity index (χ0n) is 10.3. The Morgan fingerprint density at radius 3 is 2.00 bits per heavy atom. The molecule has 17 heavy (non-hydrogen) atoms. The van der Waals surface area contributed by atoms with Crippen LogP contribution in [0.4, 0.5) is 0 Å². The highest BCUT2D eigenvalue weighted by molar-refractivity contribution is 5.80. The molecule has 4 bridgehead atoms. The number of aliphatic hydroxyl groups excluding tert-OH is 1. The van der Waals surface area contributed by atoms with Crippen LogP contribution in [-0.2, 0) is 4.79 Å². The fourth-order valence-corrected chi connectivity index (χ4v) is 5.54. The third-order valence-electron chi connectivity index (χ3n) is 5.68. The minimum absolute atomic E-state index is 0.156. The third-order valence-corrected chi connectivity index (χ3v) is 5.68. The van der Waals surface area contributed by atoms with Crippen LogP contribution in [0.2, 0.25) is 0 Å². The number of β-amino-alcohol motifs (C(OH)–C–C–N with tert-alkyl or cyclic N) is 1. The standard InChI is InChI=1S/C14H21NO2/c16-12-4-13(17)15(8-12)14-5-9-1-10(6-14)3-11(2-9)7-14/h9-12,16H,1-8H2/t9?,10?,11?,12-,14?/m0/s1. The second-order valence-corrected chi connectivity index (χ2v) is 7.00. The van der Waals surface area contributed by atoms with E-state index in [0.29, 0.717) is 13.0 Å². The lowest BCUT2D eigenvalue weighted by atomic mass is 9.52. The zero-order valence-corrected chi connectivity index (χ0v) is 10.3. The molecule has 5 rings (SSSR count). The molecule has 3 heteroatoms. The predicted octanol–water partition coefficient (Wildman–Crippen LogP) is 1.55. The number of likely N-dealkylation sites (tertiary alicyclic amines) is 1. The molecule has 1 aliphatic heterocycles. The highest BCUT2D eigenvalue weighted by atomic mass is 16.3. The van der Waals surface area contributed by atoms with Gasteiger partial charge in [0.05, 0.1) is 12.5 Å². The monoisotopic (exact) mass is 235 g/mol. The van der Waals surface area contributed by atoms with Crippen LogP contribution in [0.5, 0.6) is 0 Å². The molecule has 0 aromatic carbocycles. The van der Waals surface area contributed by atoms with Crippen LogP contribution in [0.15, 0.2) is 0 Å². The molecule has 4 aliphatic carbocycles. The molecule has 0 aromatic heterocycles. The van der Waals surface area contributed by atoms with Gasteiger partial charge >= 0.3 is 0 Å². The molecule has 1 saturated heterocycles. The van der Waals surface area contributed by atoms with E-state index < -0.39 is 6.10 Å².